The maximum atomic E-state index is 11.6. The lowest BCUT2D eigenvalue weighted by molar-refractivity contribution is -0.120. The first kappa shape index (κ1) is 13.1. The fourth-order valence-corrected chi connectivity index (χ4v) is 3.24. The molecule has 0 aromatic rings. The first-order chi connectivity index (χ1) is 6.86. The van der Waals surface area contributed by atoms with Gasteiger partial charge in [-0.25, -0.2) is 0 Å². The molecule has 15 heavy (non-hydrogen) atoms. The van der Waals surface area contributed by atoms with Gasteiger partial charge in [0.15, 0.2) is 0 Å². The van der Waals surface area contributed by atoms with E-state index in [2.05, 4.69) is 10.6 Å². The normalized spacial score (nSPS) is 29.9. The Balaban J connectivity index is 0.00000112. The van der Waals surface area contributed by atoms with Crippen LogP contribution in [0.5, 0.6) is 0 Å². The van der Waals surface area contributed by atoms with Gasteiger partial charge in [-0.3, -0.25) is 4.79 Å². The van der Waals surface area contributed by atoms with Crippen LogP contribution in [0.15, 0.2) is 0 Å². The van der Waals surface area contributed by atoms with Crippen LogP contribution in [0.3, 0.4) is 0 Å². The van der Waals surface area contributed by atoms with Crippen molar-refractivity contribution in [2.75, 3.05) is 18.8 Å². The van der Waals surface area contributed by atoms with Crippen LogP contribution in [0.2, 0.25) is 0 Å². The van der Waals surface area contributed by atoms with E-state index in [1.807, 2.05) is 0 Å². The van der Waals surface area contributed by atoms with Crippen LogP contribution < -0.4 is 10.6 Å². The Morgan fingerprint density at radius 3 is 2.87 bits per heavy atom. The number of halogens is 1. The standard InChI is InChI=1S/C10H18N2OS.ClH/c13-10(9-4-2-6-14-9)12-7-8-3-1-5-11-8;/h8-9,11H,1-7H2,(H,12,13);1H. The molecule has 2 unspecified atom stereocenters. The quantitative estimate of drug-likeness (QED) is 0.790. The molecule has 2 atom stereocenters. The Labute approximate surface area is 102 Å². The number of rotatable bonds is 3. The molecule has 2 fully saturated rings. The highest BCUT2D eigenvalue weighted by molar-refractivity contribution is 8.00. The van der Waals surface area contributed by atoms with Gasteiger partial charge in [0.05, 0.1) is 5.25 Å². The van der Waals surface area contributed by atoms with Crippen molar-refractivity contribution < 1.29 is 4.79 Å². The summed E-state index contributed by atoms with van der Waals surface area (Å²) in [5.41, 5.74) is 0. The van der Waals surface area contributed by atoms with Gasteiger partial charge in [0.2, 0.25) is 5.91 Å². The average molecular weight is 251 g/mol. The van der Waals surface area contributed by atoms with E-state index in [1.165, 1.54) is 19.3 Å². The second-order valence-corrected chi connectivity index (χ2v) is 5.35. The smallest absolute Gasteiger partial charge is 0.233 e. The molecule has 88 valence electrons. The van der Waals surface area contributed by atoms with Crippen LogP contribution in [0.4, 0.5) is 0 Å². The molecule has 1 amide bonds. The summed E-state index contributed by atoms with van der Waals surface area (Å²) < 4.78 is 0. The van der Waals surface area contributed by atoms with Gasteiger partial charge in [-0.1, -0.05) is 0 Å². The van der Waals surface area contributed by atoms with Crippen molar-refractivity contribution in [3.8, 4) is 0 Å². The summed E-state index contributed by atoms with van der Waals surface area (Å²) in [6, 6.07) is 0.519. The van der Waals surface area contributed by atoms with Gasteiger partial charge in [-0.05, 0) is 38.0 Å². The van der Waals surface area contributed by atoms with Crippen molar-refractivity contribution in [1.29, 1.82) is 0 Å². The number of carbonyl (C=O) groups excluding carboxylic acids is 1. The zero-order chi connectivity index (χ0) is 9.80. The second-order valence-electron chi connectivity index (χ2n) is 4.04. The molecule has 0 bridgehead atoms. The third-order valence-corrected chi connectivity index (χ3v) is 4.28. The maximum Gasteiger partial charge on any atom is 0.233 e. The minimum absolute atomic E-state index is 0. The van der Waals surface area contributed by atoms with Gasteiger partial charge in [0.25, 0.3) is 0 Å². The molecule has 5 heteroatoms. The molecule has 3 nitrogen and oxygen atoms in total. The number of hydrogen-bond acceptors (Lipinski definition) is 3. The van der Waals surface area contributed by atoms with Gasteiger partial charge in [0.1, 0.15) is 0 Å². The van der Waals surface area contributed by atoms with Crippen LogP contribution in [0.25, 0.3) is 0 Å². The van der Waals surface area contributed by atoms with E-state index >= 15 is 0 Å². The highest BCUT2D eigenvalue weighted by Crippen LogP contribution is 2.25. The topological polar surface area (TPSA) is 41.1 Å². The SMILES string of the molecule is Cl.O=C(NCC1CCCN1)C1CCCS1. The van der Waals surface area contributed by atoms with E-state index in [1.54, 1.807) is 11.8 Å². The molecule has 2 rings (SSSR count). The lowest BCUT2D eigenvalue weighted by Gasteiger charge is -2.13. The van der Waals surface area contributed by atoms with E-state index in [0.717, 1.165) is 25.3 Å². The van der Waals surface area contributed by atoms with Gasteiger partial charge in [0, 0.05) is 12.6 Å². The monoisotopic (exact) mass is 250 g/mol. The molecule has 2 saturated heterocycles. The number of thioether (sulfide) groups is 1. The Morgan fingerprint density at radius 1 is 1.40 bits per heavy atom. The van der Waals surface area contributed by atoms with Gasteiger partial charge in [-0.2, -0.15) is 0 Å². The van der Waals surface area contributed by atoms with Crippen molar-refractivity contribution >= 4 is 30.1 Å². The third-order valence-electron chi connectivity index (χ3n) is 2.91. The first-order valence-corrected chi connectivity index (χ1v) is 6.54. The third kappa shape index (κ3) is 3.85. The maximum absolute atomic E-state index is 11.6. The summed E-state index contributed by atoms with van der Waals surface area (Å²) >= 11 is 1.80. The molecule has 0 spiro atoms. The van der Waals surface area contributed by atoms with Crippen molar-refractivity contribution in [3.05, 3.63) is 0 Å². The van der Waals surface area contributed by atoms with E-state index < -0.39 is 0 Å². The Kier molecular flexibility index (Phi) is 5.79. The number of hydrogen-bond donors (Lipinski definition) is 2. The molecule has 2 aliphatic rings. The Bertz CT molecular complexity index is 204. The molecular weight excluding hydrogens is 232 g/mol. The summed E-state index contributed by atoms with van der Waals surface area (Å²) in [4.78, 5) is 11.6. The minimum Gasteiger partial charge on any atom is -0.354 e. The minimum atomic E-state index is 0. The van der Waals surface area contributed by atoms with Crippen LogP contribution in [0.1, 0.15) is 25.7 Å². The largest absolute Gasteiger partial charge is 0.354 e. The number of amides is 1. The fourth-order valence-electron chi connectivity index (χ4n) is 2.05. The molecule has 0 saturated carbocycles. The van der Waals surface area contributed by atoms with Crippen LogP contribution in [-0.2, 0) is 4.79 Å². The zero-order valence-corrected chi connectivity index (χ0v) is 10.5. The zero-order valence-electron chi connectivity index (χ0n) is 8.83. The Hall–Kier alpha value is 0.0700. The summed E-state index contributed by atoms with van der Waals surface area (Å²) in [5.74, 6) is 1.40. The second kappa shape index (κ2) is 6.61. The van der Waals surface area contributed by atoms with Crippen molar-refractivity contribution in [1.82, 2.24) is 10.6 Å². The number of nitrogens with one attached hydrogen (secondary N) is 2. The van der Waals surface area contributed by atoms with Gasteiger partial charge < -0.3 is 10.6 Å². The highest BCUT2D eigenvalue weighted by atomic mass is 35.5. The molecule has 2 aliphatic heterocycles. The van der Waals surface area contributed by atoms with Gasteiger partial charge in [-0.15, -0.1) is 24.2 Å². The van der Waals surface area contributed by atoms with E-state index in [9.17, 15) is 4.79 Å². The van der Waals surface area contributed by atoms with Crippen LogP contribution >= 0.6 is 24.2 Å². The van der Waals surface area contributed by atoms with Crippen LogP contribution in [-0.4, -0.2) is 36.0 Å². The molecule has 2 heterocycles. The predicted molar refractivity (Wildman–Crippen MR) is 66.8 cm³/mol. The van der Waals surface area contributed by atoms with E-state index in [0.29, 0.717) is 6.04 Å². The summed E-state index contributed by atoms with van der Waals surface area (Å²) in [7, 11) is 0. The summed E-state index contributed by atoms with van der Waals surface area (Å²) in [6.07, 6.45) is 4.72. The molecular formula is C10H19ClN2OS. The van der Waals surface area contributed by atoms with E-state index in [-0.39, 0.29) is 23.6 Å². The van der Waals surface area contributed by atoms with Gasteiger partial charge >= 0.3 is 0 Å². The van der Waals surface area contributed by atoms with Crippen molar-refractivity contribution in [2.24, 2.45) is 0 Å². The average Bonchev–Trinajstić information content (AvgIpc) is 2.87. The molecule has 0 aliphatic carbocycles. The van der Waals surface area contributed by atoms with Crippen molar-refractivity contribution in [3.63, 3.8) is 0 Å². The fraction of sp³-hybridized carbons (Fsp3) is 0.900. The Morgan fingerprint density at radius 2 is 2.27 bits per heavy atom. The molecule has 0 aromatic heterocycles. The van der Waals surface area contributed by atoms with E-state index in [4.69, 9.17) is 0 Å². The van der Waals surface area contributed by atoms with Crippen LogP contribution in [0, 0.1) is 0 Å². The highest BCUT2D eigenvalue weighted by Gasteiger charge is 2.24. The predicted octanol–water partition coefficient (Wildman–Crippen LogP) is 1.17. The summed E-state index contributed by atoms with van der Waals surface area (Å²) in [6.45, 7) is 1.93. The first-order valence-electron chi connectivity index (χ1n) is 5.49. The lowest BCUT2D eigenvalue weighted by atomic mass is 10.2. The molecule has 0 radical (unpaired) electrons. The van der Waals surface area contributed by atoms with Crippen molar-refractivity contribution in [2.45, 2.75) is 37.0 Å². The lowest BCUT2D eigenvalue weighted by Crippen LogP contribution is -2.40. The molecule has 2 N–H and O–H groups in total. The summed E-state index contributed by atoms with van der Waals surface area (Å²) in [5, 5.41) is 6.66. The molecule has 0 aromatic carbocycles. The number of carbonyl (C=O) groups is 1.